The summed E-state index contributed by atoms with van der Waals surface area (Å²) in [6.07, 6.45) is 9.47. The molecule has 0 radical (unpaired) electrons. The Morgan fingerprint density at radius 3 is 2.59 bits per heavy atom. The second kappa shape index (κ2) is 10.7. The van der Waals surface area contributed by atoms with Crippen molar-refractivity contribution in [3.8, 4) is 11.1 Å². The van der Waals surface area contributed by atoms with Crippen LogP contribution in [0, 0.1) is 13.8 Å². The van der Waals surface area contributed by atoms with Crippen LogP contribution in [0.25, 0.3) is 11.1 Å². The van der Waals surface area contributed by atoms with E-state index in [-0.39, 0.29) is 24.6 Å². The van der Waals surface area contributed by atoms with Crippen LogP contribution in [-0.2, 0) is 23.0 Å². The minimum atomic E-state index is -3.73. The molecule has 3 atom stereocenters. The quantitative estimate of drug-likeness (QED) is 0.484. The van der Waals surface area contributed by atoms with Gasteiger partial charge in [-0.1, -0.05) is 61.0 Å². The van der Waals surface area contributed by atoms with Crippen molar-refractivity contribution in [1.29, 1.82) is 0 Å². The molecule has 6 rings (SSSR count). The Balaban J connectivity index is 1.30. The van der Waals surface area contributed by atoms with Crippen molar-refractivity contribution in [2.24, 2.45) is 0 Å². The van der Waals surface area contributed by atoms with Gasteiger partial charge in [-0.3, -0.25) is 4.90 Å². The normalized spacial score (nSPS) is 25.1. The molecule has 2 aromatic carbocycles. The maximum absolute atomic E-state index is 14.0. The molecule has 4 heterocycles. The molecule has 0 saturated carbocycles. The van der Waals surface area contributed by atoms with Gasteiger partial charge in [0.25, 0.3) is 10.0 Å². The number of rotatable bonds is 5. The number of hydrogen-bond donors (Lipinski definition) is 1. The minimum Gasteiger partial charge on any atom is -0.395 e. The van der Waals surface area contributed by atoms with E-state index in [0.717, 1.165) is 37.1 Å². The smallest absolute Gasteiger partial charge is 0.260 e. The topological polar surface area (TPSA) is 78.7 Å². The fraction of sp³-hybridized carbons (Fsp3) is 0.452. The van der Waals surface area contributed by atoms with Crippen LogP contribution in [0.4, 0.5) is 0 Å². The summed E-state index contributed by atoms with van der Waals surface area (Å²) in [5.74, 6) is 0.926. The van der Waals surface area contributed by atoms with Crippen molar-refractivity contribution in [3.63, 3.8) is 0 Å². The van der Waals surface area contributed by atoms with Crippen LogP contribution in [-0.4, -0.2) is 70.6 Å². The molecule has 0 bridgehead atoms. The largest absolute Gasteiger partial charge is 0.395 e. The molecule has 3 aliphatic rings. The van der Waals surface area contributed by atoms with Gasteiger partial charge < -0.3 is 9.67 Å². The summed E-state index contributed by atoms with van der Waals surface area (Å²) in [6.45, 7) is 6.46. The number of aliphatic hydroxyl groups excluding tert-OH is 1. The SMILES string of the molecule is Cc1cccc(-c2ccc([C@H]3C4CN(S(=O)(=O)c5cnc6n5CCCCC6)C/C=C\CN4[C@@H]3CO)cc2)c1C. The van der Waals surface area contributed by atoms with Crippen molar-refractivity contribution in [2.75, 3.05) is 26.2 Å². The molecule has 3 aromatic rings. The molecule has 8 heteroatoms. The zero-order valence-electron chi connectivity index (χ0n) is 22.8. The summed E-state index contributed by atoms with van der Waals surface area (Å²) in [5.41, 5.74) is 6.08. The maximum Gasteiger partial charge on any atom is 0.260 e. The molecule has 206 valence electrons. The lowest BCUT2D eigenvalue weighted by molar-refractivity contribution is -0.0415. The van der Waals surface area contributed by atoms with Gasteiger partial charge in [-0.05, 0) is 54.5 Å². The highest BCUT2D eigenvalue weighted by Gasteiger charge is 2.50. The van der Waals surface area contributed by atoms with Gasteiger partial charge in [0.1, 0.15) is 5.82 Å². The Labute approximate surface area is 231 Å². The molecule has 3 aliphatic heterocycles. The summed E-state index contributed by atoms with van der Waals surface area (Å²) < 4.78 is 31.5. The summed E-state index contributed by atoms with van der Waals surface area (Å²) >= 11 is 0. The Morgan fingerprint density at radius 1 is 1.00 bits per heavy atom. The van der Waals surface area contributed by atoms with Crippen molar-refractivity contribution < 1.29 is 13.5 Å². The molecule has 0 aliphatic carbocycles. The van der Waals surface area contributed by atoms with Crippen LogP contribution < -0.4 is 0 Å². The lowest BCUT2D eigenvalue weighted by Gasteiger charge is -2.56. The Bertz CT molecular complexity index is 1480. The van der Waals surface area contributed by atoms with Crippen molar-refractivity contribution in [3.05, 3.63) is 83.3 Å². The Kier molecular flexibility index (Phi) is 7.22. The summed E-state index contributed by atoms with van der Waals surface area (Å²) in [4.78, 5) is 6.74. The average molecular weight is 547 g/mol. The molecule has 0 amide bonds. The zero-order valence-corrected chi connectivity index (χ0v) is 23.6. The van der Waals surface area contributed by atoms with Gasteiger partial charge in [0.05, 0.1) is 12.8 Å². The number of benzene rings is 2. The van der Waals surface area contributed by atoms with Crippen LogP contribution >= 0.6 is 0 Å². The fourth-order valence-corrected chi connectivity index (χ4v) is 8.24. The molecule has 1 unspecified atom stereocenters. The molecular formula is C31H38N4O3S. The van der Waals surface area contributed by atoms with Crippen LogP contribution in [0.3, 0.4) is 0 Å². The van der Waals surface area contributed by atoms with E-state index in [1.54, 1.807) is 10.5 Å². The zero-order chi connectivity index (χ0) is 27.1. The molecule has 1 N–H and O–H groups in total. The number of aliphatic hydroxyl groups is 1. The van der Waals surface area contributed by atoms with E-state index in [1.807, 2.05) is 16.7 Å². The number of aryl methyl sites for hydroxylation is 2. The van der Waals surface area contributed by atoms with E-state index in [4.69, 9.17) is 0 Å². The van der Waals surface area contributed by atoms with Crippen molar-refractivity contribution in [1.82, 2.24) is 18.8 Å². The van der Waals surface area contributed by atoms with Gasteiger partial charge in [0.2, 0.25) is 0 Å². The molecule has 1 aromatic heterocycles. The molecule has 0 spiro atoms. The van der Waals surface area contributed by atoms with Gasteiger partial charge in [-0.2, -0.15) is 4.31 Å². The highest BCUT2D eigenvalue weighted by molar-refractivity contribution is 7.89. The van der Waals surface area contributed by atoms with E-state index in [2.05, 4.69) is 66.2 Å². The Morgan fingerprint density at radius 2 is 1.79 bits per heavy atom. The van der Waals surface area contributed by atoms with E-state index < -0.39 is 10.0 Å². The third-order valence-electron chi connectivity index (χ3n) is 9.05. The first-order valence-corrected chi connectivity index (χ1v) is 15.6. The standard InChI is InChI=1S/C31H38N4O3S/c1-22-9-8-10-26(23(22)2)24-12-14-25(15-13-24)31-27-20-33(16-6-7-17-34(27)28(31)21-36)39(37,38)30-19-32-29-11-4-3-5-18-35(29)30/h6-10,12-15,19,27-28,31,36H,3-5,11,16-18,20-21H2,1-2H3/b7-6-/t27?,28-,31+/m1/s1. The van der Waals surface area contributed by atoms with Crippen LogP contribution in [0.2, 0.25) is 0 Å². The van der Waals surface area contributed by atoms with Gasteiger partial charge in [-0.15, -0.1) is 0 Å². The van der Waals surface area contributed by atoms with Crippen molar-refractivity contribution in [2.45, 2.75) is 69.1 Å². The highest BCUT2D eigenvalue weighted by atomic mass is 32.2. The summed E-state index contributed by atoms with van der Waals surface area (Å²) in [5, 5.41) is 10.7. The first-order chi connectivity index (χ1) is 18.9. The number of fused-ring (bicyclic) bond motifs is 2. The monoisotopic (exact) mass is 546 g/mol. The molecule has 7 nitrogen and oxygen atoms in total. The van der Waals surface area contributed by atoms with E-state index >= 15 is 0 Å². The lowest BCUT2D eigenvalue weighted by atomic mass is 9.74. The number of hydrogen-bond acceptors (Lipinski definition) is 5. The number of aromatic nitrogens is 2. The van der Waals surface area contributed by atoms with Crippen LogP contribution in [0.5, 0.6) is 0 Å². The molecular weight excluding hydrogens is 508 g/mol. The molecule has 39 heavy (non-hydrogen) atoms. The van der Waals surface area contributed by atoms with E-state index in [9.17, 15) is 13.5 Å². The Hall–Kier alpha value is -2.78. The second-order valence-electron chi connectivity index (χ2n) is 11.2. The highest BCUT2D eigenvalue weighted by Crippen LogP contribution is 2.42. The lowest BCUT2D eigenvalue weighted by Crippen LogP contribution is -2.67. The molecule has 1 saturated heterocycles. The third-order valence-corrected chi connectivity index (χ3v) is 10.9. The second-order valence-corrected chi connectivity index (χ2v) is 13.1. The average Bonchev–Trinajstić information content (AvgIpc) is 3.19. The summed E-state index contributed by atoms with van der Waals surface area (Å²) in [7, 11) is -3.73. The van der Waals surface area contributed by atoms with Crippen molar-refractivity contribution >= 4 is 10.0 Å². The first kappa shape index (κ1) is 26.4. The summed E-state index contributed by atoms with van der Waals surface area (Å²) in [6, 6.07) is 15.0. The van der Waals surface area contributed by atoms with Gasteiger partial charge in [-0.25, -0.2) is 13.4 Å². The minimum absolute atomic E-state index is 0.0139. The predicted octanol–water partition coefficient (Wildman–Crippen LogP) is 4.28. The van der Waals surface area contributed by atoms with Gasteiger partial charge in [0.15, 0.2) is 5.03 Å². The predicted molar refractivity (Wildman–Crippen MR) is 153 cm³/mol. The third kappa shape index (κ3) is 4.67. The van der Waals surface area contributed by atoms with E-state index in [1.165, 1.54) is 22.3 Å². The number of sulfonamides is 1. The van der Waals surface area contributed by atoms with E-state index in [0.29, 0.717) is 31.2 Å². The van der Waals surface area contributed by atoms with Crippen LogP contribution in [0.1, 0.15) is 47.7 Å². The number of nitrogens with zero attached hydrogens (tertiary/aromatic N) is 4. The fourth-order valence-electron chi connectivity index (χ4n) is 6.68. The first-order valence-electron chi connectivity index (χ1n) is 14.1. The maximum atomic E-state index is 14.0. The van der Waals surface area contributed by atoms with Crippen LogP contribution in [0.15, 0.2) is 65.8 Å². The van der Waals surface area contributed by atoms with Gasteiger partial charge in [0, 0.05) is 50.6 Å². The number of imidazole rings is 1. The van der Waals surface area contributed by atoms with Gasteiger partial charge >= 0.3 is 0 Å². The molecule has 1 fully saturated rings.